The predicted octanol–water partition coefficient (Wildman–Crippen LogP) is 2.20. The van der Waals surface area contributed by atoms with E-state index in [-0.39, 0.29) is 18.1 Å². The fraction of sp³-hybridized carbons (Fsp3) is 0.846. The molecule has 0 amide bonds. The highest BCUT2D eigenvalue weighted by Gasteiger charge is 2.28. The first-order chi connectivity index (χ1) is 6.94. The summed E-state index contributed by atoms with van der Waals surface area (Å²) < 4.78 is 0. The molecule has 0 rings (SSSR count). The zero-order chi connectivity index (χ0) is 11.9. The summed E-state index contributed by atoms with van der Waals surface area (Å²) >= 11 is 0. The summed E-state index contributed by atoms with van der Waals surface area (Å²) in [6, 6.07) is 0. The van der Waals surface area contributed by atoms with Crippen molar-refractivity contribution in [3.63, 3.8) is 0 Å². The Balaban J connectivity index is 4.09. The SMILES string of the molecule is C#CCCC(O)C(C)(C)CC(C)CCO. The van der Waals surface area contributed by atoms with Gasteiger partial charge in [0.2, 0.25) is 0 Å². The molecule has 2 unspecified atom stereocenters. The third kappa shape index (κ3) is 5.81. The van der Waals surface area contributed by atoms with Crippen LogP contribution in [0, 0.1) is 23.7 Å². The molecule has 0 aromatic heterocycles. The zero-order valence-corrected chi connectivity index (χ0v) is 10.2. The smallest absolute Gasteiger partial charge is 0.0600 e. The summed E-state index contributed by atoms with van der Waals surface area (Å²) in [6.07, 6.45) is 7.82. The summed E-state index contributed by atoms with van der Waals surface area (Å²) in [5, 5.41) is 18.8. The number of hydrogen-bond acceptors (Lipinski definition) is 2. The fourth-order valence-corrected chi connectivity index (χ4v) is 1.97. The van der Waals surface area contributed by atoms with Crippen molar-refractivity contribution in [2.45, 2.75) is 52.6 Å². The van der Waals surface area contributed by atoms with E-state index in [1.807, 2.05) is 0 Å². The minimum atomic E-state index is -0.352. The minimum absolute atomic E-state index is 0.120. The second kappa shape index (κ2) is 6.87. The molecule has 0 bridgehead atoms. The Kier molecular flexibility index (Phi) is 6.63. The first-order valence-corrected chi connectivity index (χ1v) is 5.66. The molecular formula is C13H24O2. The number of aliphatic hydroxyl groups excluding tert-OH is 2. The number of aliphatic hydroxyl groups is 2. The molecule has 88 valence electrons. The Labute approximate surface area is 93.7 Å². The van der Waals surface area contributed by atoms with E-state index in [9.17, 15) is 5.11 Å². The third-order valence-electron chi connectivity index (χ3n) is 2.96. The second-order valence-corrected chi connectivity index (χ2v) is 5.07. The highest BCUT2D eigenvalue weighted by Crippen LogP contribution is 2.32. The number of rotatable bonds is 7. The molecule has 0 aromatic rings. The van der Waals surface area contributed by atoms with Crippen molar-refractivity contribution in [1.29, 1.82) is 0 Å². The molecule has 0 saturated carbocycles. The van der Waals surface area contributed by atoms with Crippen LogP contribution in [0.5, 0.6) is 0 Å². The lowest BCUT2D eigenvalue weighted by atomic mass is 9.76. The average molecular weight is 212 g/mol. The standard InChI is InChI=1S/C13H24O2/c1-5-6-7-12(15)13(3,4)10-11(2)8-9-14/h1,11-12,14-15H,6-10H2,2-4H3. The fourth-order valence-electron chi connectivity index (χ4n) is 1.97. The van der Waals surface area contributed by atoms with E-state index in [4.69, 9.17) is 11.5 Å². The molecule has 2 nitrogen and oxygen atoms in total. The topological polar surface area (TPSA) is 40.5 Å². The van der Waals surface area contributed by atoms with Gasteiger partial charge in [0.25, 0.3) is 0 Å². The van der Waals surface area contributed by atoms with Crippen LogP contribution < -0.4 is 0 Å². The van der Waals surface area contributed by atoms with Gasteiger partial charge >= 0.3 is 0 Å². The van der Waals surface area contributed by atoms with E-state index in [2.05, 4.69) is 26.7 Å². The van der Waals surface area contributed by atoms with Gasteiger partial charge in [0.1, 0.15) is 0 Å². The molecule has 0 spiro atoms. The van der Waals surface area contributed by atoms with Crippen molar-refractivity contribution < 1.29 is 10.2 Å². The van der Waals surface area contributed by atoms with E-state index in [0.717, 1.165) is 12.8 Å². The van der Waals surface area contributed by atoms with Gasteiger partial charge < -0.3 is 10.2 Å². The lowest BCUT2D eigenvalue weighted by molar-refractivity contribution is 0.0260. The molecule has 0 heterocycles. The van der Waals surface area contributed by atoms with Crippen LogP contribution in [0.1, 0.15) is 46.5 Å². The summed E-state index contributed by atoms with van der Waals surface area (Å²) in [7, 11) is 0. The molecule has 0 fully saturated rings. The first-order valence-electron chi connectivity index (χ1n) is 5.66. The van der Waals surface area contributed by atoms with Crippen molar-refractivity contribution in [3.05, 3.63) is 0 Å². The molecule has 2 heteroatoms. The molecule has 0 aliphatic carbocycles. The predicted molar refractivity (Wildman–Crippen MR) is 63.3 cm³/mol. The molecule has 0 aromatic carbocycles. The van der Waals surface area contributed by atoms with Gasteiger partial charge in [0, 0.05) is 13.0 Å². The maximum absolute atomic E-state index is 9.97. The van der Waals surface area contributed by atoms with Crippen LogP contribution in [-0.4, -0.2) is 22.9 Å². The van der Waals surface area contributed by atoms with E-state index in [0.29, 0.717) is 18.8 Å². The lowest BCUT2D eigenvalue weighted by Gasteiger charge is -2.32. The first kappa shape index (κ1) is 14.5. The summed E-state index contributed by atoms with van der Waals surface area (Å²) in [4.78, 5) is 0. The summed E-state index contributed by atoms with van der Waals surface area (Å²) in [5.74, 6) is 2.98. The van der Waals surface area contributed by atoms with E-state index < -0.39 is 0 Å². The van der Waals surface area contributed by atoms with Gasteiger partial charge in [-0.05, 0) is 30.6 Å². The van der Waals surface area contributed by atoms with Gasteiger partial charge in [-0.15, -0.1) is 12.3 Å². The van der Waals surface area contributed by atoms with Crippen molar-refractivity contribution in [1.82, 2.24) is 0 Å². The van der Waals surface area contributed by atoms with Crippen LogP contribution in [0.4, 0.5) is 0 Å². The second-order valence-electron chi connectivity index (χ2n) is 5.07. The Bertz CT molecular complexity index is 203. The van der Waals surface area contributed by atoms with Crippen LogP contribution in [-0.2, 0) is 0 Å². The Hall–Kier alpha value is -0.520. The minimum Gasteiger partial charge on any atom is -0.396 e. The Morgan fingerprint density at radius 1 is 1.33 bits per heavy atom. The van der Waals surface area contributed by atoms with Crippen molar-refractivity contribution in [3.8, 4) is 12.3 Å². The molecule has 15 heavy (non-hydrogen) atoms. The quantitative estimate of drug-likeness (QED) is 0.635. The maximum atomic E-state index is 9.97. The van der Waals surface area contributed by atoms with Gasteiger partial charge in [0.15, 0.2) is 0 Å². The van der Waals surface area contributed by atoms with Gasteiger partial charge in [0.05, 0.1) is 6.10 Å². The normalized spacial score (nSPS) is 15.7. The van der Waals surface area contributed by atoms with E-state index >= 15 is 0 Å². The Morgan fingerprint density at radius 2 is 1.93 bits per heavy atom. The molecule has 2 N–H and O–H groups in total. The number of terminal acetylenes is 1. The van der Waals surface area contributed by atoms with Gasteiger partial charge in [-0.3, -0.25) is 0 Å². The third-order valence-corrected chi connectivity index (χ3v) is 2.96. The molecule has 2 atom stereocenters. The van der Waals surface area contributed by atoms with Crippen LogP contribution in [0.2, 0.25) is 0 Å². The maximum Gasteiger partial charge on any atom is 0.0600 e. The lowest BCUT2D eigenvalue weighted by Crippen LogP contribution is -2.31. The van der Waals surface area contributed by atoms with Crippen LogP contribution in [0.25, 0.3) is 0 Å². The van der Waals surface area contributed by atoms with Crippen LogP contribution in [0.15, 0.2) is 0 Å². The van der Waals surface area contributed by atoms with E-state index in [1.165, 1.54) is 0 Å². The Morgan fingerprint density at radius 3 is 2.40 bits per heavy atom. The van der Waals surface area contributed by atoms with Crippen molar-refractivity contribution >= 4 is 0 Å². The number of hydrogen-bond donors (Lipinski definition) is 2. The highest BCUT2D eigenvalue weighted by molar-refractivity contribution is 4.88. The molecular weight excluding hydrogens is 188 g/mol. The molecule has 0 aliphatic rings. The van der Waals surface area contributed by atoms with Crippen LogP contribution in [0.3, 0.4) is 0 Å². The van der Waals surface area contributed by atoms with E-state index in [1.54, 1.807) is 0 Å². The largest absolute Gasteiger partial charge is 0.396 e. The zero-order valence-electron chi connectivity index (χ0n) is 10.2. The van der Waals surface area contributed by atoms with Crippen LogP contribution >= 0.6 is 0 Å². The van der Waals surface area contributed by atoms with Gasteiger partial charge in [-0.1, -0.05) is 20.8 Å². The average Bonchev–Trinajstić information content (AvgIpc) is 2.13. The molecule has 0 aliphatic heterocycles. The molecule has 0 radical (unpaired) electrons. The highest BCUT2D eigenvalue weighted by atomic mass is 16.3. The summed E-state index contributed by atoms with van der Waals surface area (Å²) in [6.45, 7) is 6.44. The summed E-state index contributed by atoms with van der Waals surface area (Å²) in [5.41, 5.74) is -0.120. The molecule has 0 saturated heterocycles. The van der Waals surface area contributed by atoms with Gasteiger partial charge in [-0.25, -0.2) is 0 Å². The monoisotopic (exact) mass is 212 g/mol. The van der Waals surface area contributed by atoms with Crippen molar-refractivity contribution in [2.24, 2.45) is 11.3 Å². The van der Waals surface area contributed by atoms with Crippen molar-refractivity contribution in [2.75, 3.05) is 6.61 Å². The van der Waals surface area contributed by atoms with Gasteiger partial charge in [-0.2, -0.15) is 0 Å².